The highest BCUT2D eigenvalue weighted by Gasteiger charge is 2.42. The molecule has 2 aromatic heterocycles. The van der Waals surface area contributed by atoms with Crippen molar-refractivity contribution in [1.82, 2.24) is 19.7 Å². The van der Waals surface area contributed by atoms with Crippen LogP contribution in [-0.4, -0.2) is 44.4 Å². The lowest BCUT2D eigenvalue weighted by molar-refractivity contribution is -0.195. The van der Waals surface area contributed by atoms with Crippen LogP contribution in [0.4, 0.5) is 50.8 Å². The molecule has 0 bridgehead atoms. The number of alkyl halides is 5. The lowest BCUT2D eigenvalue weighted by Gasteiger charge is -2.15. The van der Waals surface area contributed by atoms with Gasteiger partial charge < -0.3 is 25.4 Å². The number of aromatic nitrogens is 4. The SMILES string of the molecule is C=C(OC(=O)C(F)(F)F)C(=O)Nc1cccc(Nc2nc(Nc3cnn(C)c3)ncc2-c2ccc(OC(F)F)cc2)c1. The van der Waals surface area contributed by atoms with E-state index in [1.807, 2.05) is 0 Å². The van der Waals surface area contributed by atoms with Crippen molar-refractivity contribution < 1.29 is 41.0 Å². The van der Waals surface area contributed by atoms with Crippen LogP contribution in [-0.2, 0) is 21.4 Å². The van der Waals surface area contributed by atoms with Crippen molar-refractivity contribution >= 4 is 40.7 Å². The average molecular weight is 589 g/mol. The number of amides is 1. The molecule has 0 unspecified atom stereocenters. The molecule has 4 aromatic rings. The standard InChI is InChI=1S/C26H20F5N7O4/c1-14(41-23(40)26(29,30)31)22(39)35-17-5-3-4-16(10-17)34-21-20(15-6-8-19(9-7-15)42-24(27)28)12-32-25(37-21)36-18-11-33-38(2)13-18/h3-13,24H,1H2,2H3,(H,35,39)(H2,32,34,36,37). The number of halogens is 5. The van der Waals surface area contributed by atoms with Crippen LogP contribution in [0, 0.1) is 0 Å². The van der Waals surface area contributed by atoms with Crippen LogP contribution < -0.4 is 20.7 Å². The maximum atomic E-state index is 12.6. The molecule has 0 spiro atoms. The summed E-state index contributed by atoms with van der Waals surface area (Å²) in [6.07, 6.45) is -0.568. The van der Waals surface area contributed by atoms with Gasteiger partial charge in [0.05, 0.1) is 11.9 Å². The van der Waals surface area contributed by atoms with Crippen LogP contribution in [0.25, 0.3) is 11.1 Å². The van der Waals surface area contributed by atoms with Crippen molar-refractivity contribution in [2.75, 3.05) is 16.0 Å². The van der Waals surface area contributed by atoms with E-state index in [0.717, 1.165) is 0 Å². The fourth-order valence-electron chi connectivity index (χ4n) is 3.41. The van der Waals surface area contributed by atoms with E-state index >= 15 is 0 Å². The zero-order chi connectivity index (χ0) is 30.4. The molecular weight excluding hydrogens is 569 g/mol. The summed E-state index contributed by atoms with van der Waals surface area (Å²) in [5, 5.41) is 12.4. The molecule has 0 aliphatic heterocycles. The predicted molar refractivity (Wildman–Crippen MR) is 140 cm³/mol. The van der Waals surface area contributed by atoms with Gasteiger partial charge in [0.2, 0.25) is 5.95 Å². The van der Waals surface area contributed by atoms with E-state index < -0.39 is 30.4 Å². The van der Waals surface area contributed by atoms with Crippen LogP contribution in [0.5, 0.6) is 5.75 Å². The predicted octanol–water partition coefficient (Wildman–Crippen LogP) is 5.52. The Morgan fingerprint density at radius 1 is 1.00 bits per heavy atom. The van der Waals surface area contributed by atoms with Gasteiger partial charge in [0.25, 0.3) is 5.91 Å². The van der Waals surface area contributed by atoms with Crippen LogP contribution in [0.1, 0.15) is 0 Å². The first-order valence-corrected chi connectivity index (χ1v) is 11.7. The molecule has 2 heterocycles. The zero-order valence-corrected chi connectivity index (χ0v) is 21.4. The van der Waals surface area contributed by atoms with E-state index in [4.69, 9.17) is 0 Å². The van der Waals surface area contributed by atoms with Crippen molar-refractivity contribution in [2.45, 2.75) is 12.8 Å². The summed E-state index contributed by atoms with van der Waals surface area (Å²) in [7, 11) is 1.73. The third-order valence-corrected chi connectivity index (χ3v) is 5.22. The topological polar surface area (TPSA) is 132 Å². The summed E-state index contributed by atoms with van der Waals surface area (Å²) < 4.78 is 72.3. The summed E-state index contributed by atoms with van der Waals surface area (Å²) >= 11 is 0. The van der Waals surface area contributed by atoms with E-state index in [1.165, 1.54) is 48.7 Å². The minimum absolute atomic E-state index is 0.0509. The van der Waals surface area contributed by atoms with E-state index in [2.05, 4.69) is 47.1 Å². The number of aryl methyl sites for hydroxylation is 1. The van der Waals surface area contributed by atoms with Gasteiger partial charge in [-0.25, -0.2) is 9.78 Å². The number of anilines is 5. The maximum absolute atomic E-state index is 12.6. The largest absolute Gasteiger partial charge is 0.491 e. The normalized spacial score (nSPS) is 11.1. The van der Waals surface area contributed by atoms with Crippen LogP contribution >= 0.6 is 0 Å². The first-order valence-electron chi connectivity index (χ1n) is 11.7. The monoisotopic (exact) mass is 589 g/mol. The summed E-state index contributed by atoms with van der Waals surface area (Å²) in [5.41, 5.74) is 2.08. The number of carbonyl (C=O) groups is 2. The Kier molecular flexibility index (Phi) is 8.64. The number of carbonyl (C=O) groups excluding carboxylic acids is 2. The molecule has 0 saturated carbocycles. The van der Waals surface area contributed by atoms with Crippen molar-refractivity contribution in [3.8, 4) is 16.9 Å². The summed E-state index contributed by atoms with van der Waals surface area (Å²) in [5.74, 6) is -4.44. The Morgan fingerprint density at radius 3 is 2.36 bits per heavy atom. The van der Waals surface area contributed by atoms with Crippen LogP contribution in [0.2, 0.25) is 0 Å². The number of benzene rings is 2. The van der Waals surface area contributed by atoms with E-state index in [1.54, 1.807) is 30.2 Å². The van der Waals surface area contributed by atoms with E-state index in [9.17, 15) is 31.5 Å². The van der Waals surface area contributed by atoms with Crippen molar-refractivity contribution in [1.29, 1.82) is 0 Å². The van der Waals surface area contributed by atoms with Gasteiger partial charge in [-0.3, -0.25) is 9.48 Å². The molecule has 4 rings (SSSR count). The zero-order valence-electron chi connectivity index (χ0n) is 21.4. The Balaban J connectivity index is 1.59. The van der Waals surface area contributed by atoms with Gasteiger partial charge in [0.1, 0.15) is 11.6 Å². The van der Waals surface area contributed by atoms with Crippen LogP contribution in [0.15, 0.2) is 79.5 Å². The summed E-state index contributed by atoms with van der Waals surface area (Å²) in [6.45, 7) is 0.0661. The first-order chi connectivity index (χ1) is 19.9. The highest BCUT2D eigenvalue weighted by Crippen LogP contribution is 2.32. The van der Waals surface area contributed by atoms with Crippen molar-refractivity contribution in [3.63, 3.8) is 0 Å². The van der Waals surface area contributed by atoms with Gasteiger partial charge in [-0.1, -0.05) is 24.8 Å². The molecule has 0 saturated heterocycles. The van der Waals surface area contributed by atoms with Gasteiger partial charge >= 0.3 is 18.8 Å². The number of hydrogen-bond donors (Lipinski definition) is 3. The average Bonchev–Trinajstić information content (AvgIpc) is 3.33. The molecule has 0 aliphatic carbocycles. The highest BCUT2D eigenvalue weighted by atomic mass is 19.4. The molecule has 0 fully saturated rings. The molecule has 16 heteroatoms. The Bertz CT molecular complexity index is 1610. The maximum Gasteiger partial charge on any atom is 0.491 e. The molecule has 0 aliphatic rings. The van der Waals surface area contributed by atoms with Crippen LogP contribution in [0.3, 0.4) is 0 Å². The third kappa shape index (κ3) is 7.77. The number of hydrogen-bond acceptors (Lipinski definition) is 9. The molecular formula is C26H20F5N7O4. The van der Waals surface area contributed by atoms with Crippen molar-refractivity contribution in [2.24, 2.45) is 7.05 Å². The molecule has 218 valence electrons. The minimum Gasteiger partial charge on any atom is -0.435 e. The molecule has 3 N–H and O–H groups in total. The Hall–Kier alpha value is -5.54. The van der Waals surface area contributed by atoms with Gasteiger partial charge in [0.15, 0.2) is 5.76 Å². The van der Waals surface area contributed by atoms with E-state index in [0.29, 0.717) is 22.5 Å². The third-order valence-electron chi connectivity index (χ3n) is 5.22. The fourth-order valence-corrected chi connectivity index (χ4v) is 3.41. The summed E-state index contributed by atoms with van der Waals surface area (Å²) in [4.78, 5) is 32.0. The van der Waals surface area contributed by atoms with Gasteiger partial charge in [-0.05, 0) is 35.9 Å². The lowest BCUT2D eigenvalue weighted by atomic mass is 10.1. The lowest BCUT2D eigenvalue weighted by Crippen LogP contribution is -2.28. The van der Waals surface area contributed by atoms with Gasteiger partial charge in [-0.15, -0.1) is 0 Å². The molecule has 42 heavy (non-hydrogen) atoms. The smallest absolute Gasteiger partial charge is 0.435 e. The number of nitrogens with zero attached hydrogens (tertiary/aromatic N) is 4. The van der Waals surface area contributed by atoms with E-state index in [-0.39, 0.29) is 23.2 Å². The van der Waals surface area contributed by atoms with Gasteiger partial charge in [-0.2, -0.15) is 32.0 Å². The molecule has 0 radical (unpaired) electrons. The summed E-state index contributed by atoms with van der Waals surface area (Å²) in [6, 6.07) is 11.7. The number of nitrogens with one attached hydrogen (secondary N) is 3. The Labute approximate surface area is 234 Å². The van der Waals surface area contributed by atoms with Crippen molar-refractivity contribution in [3.05, 3.63) is 79.5 Å². The first kappa shape index (κ1) is 29.4. The molecule has 1 amide bonds. The number of rotatable bonds is 10. The molecule has 0 atom stereocenters. The number of esters is 1. The quantitative estimate of drug-likeness (QED) is 0.0946. The minimum atomic E-state index is -5.30. The second kappa shape index (κ2) is 12.3. The molecule has 11 nitrogen and oxygen atoms in total. The molecule has 2 aromatic carbocycles. The second-order valence-electron chi connectivity index (χ2n) is 8.36. The fraction of sp³-hybridized carbons (Fsp3) is 0.115. The van der Waals surface area contributed by atoms with Gasteiger partial charge in [0, 0.05) is 36.4 Å². The number of ether oxygens (including phenoxy) is 2. The second-order valence-corrected chi connectivity index (χ2v) is 8.36. The Morgan fingerprint density at radius 2 is 1.71 bits per heavy atom. The highest BCUT2D eigenvalue weighted by molar-refractivity contribution is 6.03.